The molecule has 0 radical (unpaired) electrons. The Bertz CT molecular complexity index is 1410. The molecule has 1 aliphatic rings. The lowest BCUT2D eigenvalue weighted by atomic mass is 10.1. The maximum absolute atomic E-state index is 12.6. The van der Waals surface area contributed by atoms with Crippen LogP contribution in [0.15, 0.2) is 69.0 Å². The largest absolute Gasteiger partial charge is 0.493 e. The van der Waals surface area contributed by atoms with Gasteiger partial charge in [0.1, 0.15) is 6.61 Å². The second-order valence-corrected chi connectivity index (χ2v) is 9.89. The van der Waals surface area contributed by atoms with E-state index < -0.39 is 4.92 Å². The van der Waals surface area contributed by atoms with Gasteiger partial charge in [0.2, 0.25) is 0 Å². The van der Waals surface area contributed by atoms with Crippen LogP contribution in [0.1, 0.15) is 16.7 Å². The topological polar surface area (TPSA) is 103 Å². The molecule has 1 fully saturated rings. The molecule has 3 aromatic rings. The molecule has 36 heavy (non-hydrogen) atoms. The summed E-state index contributed by atoms with van der Waals surface area (Å²) in [6.07, 6.45) is 1.74. The van der Waals surface area contributed by atoms with E-state index in [0.717, 1.165) is 11.1 Å². The van der Waals surface area contributed by atoms with Gasteiger partial charge in [-0.3, -0.25) is 14.9 Å². The summed E-state index contributed by atoms with van der Waals surface area (Å²) in [6.45, 7) is 2.07. The number of halogens is 2. The summed E-state index contributed by atoms with van der Waals surface area (Å²) in [4.78, 5) is 27.9. The number of nitro groups is 1. The van der Waals surface area contributed by atoms with Gasteiger partial charge in [-0.2, -0.15) is 0 Å². The summed E-state index contributed by atoms with van der Waals surface area (Å²) in [6, 6.07) is 15.1. The third-order valence-electron chi connectivity index (χ3n) is 5.22. The number of carbonyl (C=O) groups is 1. The number of hydrogen-bond acceptors (Lipinski definition) is 7. The van der Waals surface area contributed by atoms with Crippen LogP contribution in [0.3, 0.4) is 0 Å². The predicted molar refractivity (Wildman–Crippen MR) is 145 cm³/mol. The molecular weight excluding hydrogens is 570 g/mol. The third kappa shape index (κ3) is 5.89. The van der Waals surface area contributed by atoms with E-state index in [1.54, 1.807) is 36.4 Å². The number of amidine groups is 1. The molecule has 0 atom stereocenters. The van der Waals surface area contributed by atoms with Crippen molar-refractivity contribution in [3.05, 3.63) is 95.8 Å². The highest BCUT2D eigenvalue weighted by Gasteiger charge is 2.25. The number of benzene rings is 3. The van der Waals surface area contributed by atoms with Gasteiger partial charge in [-0.05, 0) is 77.9 Å². The van der Waals surface area contributed by atoms with Gasteiger partial charge < -0.3 is 14.8 Å². The highest BCUT2D eigenvalue weighted by molar-refractivity contribution is 9.10. The van der Waals surface area contributed by atoms with Gasteiger partial charge in [0.05, 0.1) is 22.6 Å². The van der Waals surface area contributed by atoms with Gasteiger partial charge in [0.25, 0.3) is 11.6 Å². The number of nitro benzene ring substituents is 1. The van der Waals surface area contributed by atoms with Crippen LogP contribution >= 0.6 is 39.3 Å². The standard InChI is InChI=1S/C25H19BrClN3O5S/c1-14-19(27)4-3-5-20(14)28-25-29-24(31)23(36-25)11-16-10-21(34-2)22(12-18(16)26)35-13-15-6-8-17(9-7-15)30(32)33/h3-12H,13H2,1-2H3,(H,28,29,31)/b23-11+. The van der Waals surface area contributed by atoms with E-state index >= 15 is 0 Å². The Balaban J connectivity index is 1.53. The van der Waals surface area contributed by atoms with Gasteiger partial charge in [-0.1, -0.05) is 33.6 Å². The molecule has 1 N–H and O–H groups in total. The van der Waals surface area contributed by atoms with E-state index in [0.29, 0.717) is 42.3 Å². The van der Waals surface area contributed by atoms with Crippen LogP contribution in [0.2, 0.25) is 5.02 Å². The second kappa shape index (κ2) is 11.2. The molecule has 1 amide bonds. The number of ether oxygens (including phenoxy) is 2. The van der Waals surface area contributed by atoms with Crippen molar-refractivity contribution < 1.29 is 19.2 Å². The fraction of sp³-hybridized carbons (Fsp3) is 0.120. The number of amides is 1. The van der Waals surface area contributed by atoms with Crippen molar-refractivity contribution in [3.63, 3.8) is 0 Å². The Hall–Kier alpha value is -3.34. The molecule has 0 unspecified atom stereocenters. The number of aliphatic imine (C=N–C) groups is 1. The number of nitrogens with zero attached hydrogens (tertiary/aromatic N) is 2. The molecule has 0 spiro atoms. The van der Waals surface area contributed by atoms with Crippen LogP contribution in [-0.4, -0.2) is 23.1 Å². The molecular formula is C25H19BrClN3O5S. The Morgan fingerprint density at radius 3 is 2.64 bits per heavy atom. The van der Waals surface area contributed by atoms with E-state index in [2.05, 4.69) is 26.2 Å². The zero-order valence-electron chi connectivity index (χ0n) is 19.1. The second-order valence-electron chi connectivity index (χ2n) is 7.60. The lowest BCUT2D eigenvalue weighted by molar-refractivity contribution is -0.384. The minimum absolute atomic E-state index is 0.0150. The number of thioether (sulfide) groups is 1. The predicted octanol–water partition coefficient (Wildman–Crippen LogP) is 6.80. The number of carbonyl (C=O) groups excluding carboxylic acids is 1. The third-order valence-corrected chi connectivity index (χ3v) is 7.23. The molecule has 8 nitrogen and oxygen atoms in total. The molecule has 3 aromatic carbocycles. The highest BCUT2D eigenvalue weighted by Crippen LogP contribution is 2.37. The smallest absolute Gasteiger partial charge is 0.269 e. The van der Waals surface area contributed by atoms with Crippen LogP contribution in [-0.2, 0) is 11.4 Å². The van der Waals surface area contributed by atoms with E-state index in [4.69, 9.17) is 21.1 Å². The molecule has 0 aliphatic carbocycles. The number of methoxy groups -OCH3 is 1. The van der Waals surface area contributed by atoms with Crippen LogP contribution in [0.5, 0.6) is 11.5 Å². The first-order valence-corrected chi connectivity index (χ1v) is 12.5. The molecule has 184 valence electrons. The van der Waals surface area contributed by atoms with Gasteiger partial charge in [-0.15, -0.1) is 0 Å². The van der Waals surface area contributed by atoms with Gasteiger partial charge in [0.15, 0.2) is 16.7 Å². The van der Waals surface area contributed by atoms with E-state index in [-0.39, 0.29) is 18.2 Å². The molecule has 4 rings (SSSR count). The average Bonchev–Trinajstić information content (AvgIpc) is 3.20. The molecule has 1 heterocycles. The van der Waals surface area contributed by atoms with Crippen molar-refractivity contribution in [2.45, 2.75) is 13.5 Å². The normalized spacial score (nSPS) is 15.3. The quantitative estimate of drug-likeness (QED) is 0.185. The summed E-state index contributed by atoms with van der Waals surface area (Å²) < 4.78 is 12.1. The number of non-ortho nitro benzene ring substituents is 1. The van der Waals surface area contributed by atoms with Crippen molar-refractivity contribution in [1.82, 2.24) is 5.32 Å². The first-order chi connectivity index (χ1) is 17.2. The Morgan fingerprint density at radius 2 is 1.94 bits per heavy atom. The SMILES string of the molecule is COc1cc(/C=C2/SC(=Nc3cccc(Cl)c3C)NC2=O)c(Br)cc1OCc1ccc([N+](=O)[O-])cc1. The molecule has 11 heteroatoms. The maximum Gasteiger partial charge on any atom is 0.269 e. The zero-order valence-corrected chi connectivity index (χ0v) is 22.2. The zero-order chi connectivity index (χ0) is 25.8. The van der Waals surface area contributed by atoms with Gasteiger partial charge in [-0.25, -0.2) is 4.99 Å². The summed E-state index contributed by atoms with van der Waals surface area (Å²) >= 11 is 10.9. The highest BCUT2D eigenvalue weighted by atomic mass is 79.9. The number of rotatable bonds is 7. The minimum Gasteiger partial charge on any atom is -0.493 e. The van der Waals surface area contributed by atoms with Crippen molar-refractivity contribution in [2.75, 3.05) is 7.11 Å². The number of hydrogen-bond donors (Lipinski definition) is 1. The number of nitrogens with one attached hydrogen (secondary N) is 1. The molecule has 1 aliphatic heterocycles. The van der Waals surface area contributed by atoms with Gasteiger partial charge >= 0.3 is 0 Å². The van der Waals surface area contributed by atoms with Crippen LogP contribution in [0.25, 0.3) is 6.08 Å². The maximum atomic E-state index is 12.6. The summed E-state index contributed by atoms with van der Waals surface area (Å²) in [7, 11) is 1.52. The Labute approximate surface area is 224 Å². The Morgan fingerprint density at radius 1 is 1.19 bits per heavy atom. The van der Waals surface area contributed by atoms with E-state index in [9.17, 15) is 14.9 Å². The van der Waals surface area contributed by atoms with Crippen molar-refractivity contribution in [2.24, 2.45) is 4.99 Å². The fourth-order valence-electron chi connectivity index (χ4n) is 3.26. The molecule has 0 bridgehead atoms. The van der Waals surface area contributed by atoms with Gasteiger partial charge in [0, 0.05) is 21.6 Å². The van der Waals surface area contributed by atoms with Crippen molar-refractivity contribution in [3.8, 4) is 11.5 Å². The van der Waals surface area contributed by atoms with E-state index in [1.165, 1.54) is 31.0 Å². The average molecular weight is 589 g/mol. The summed E-state index contributed by atoms with van der Waals surface area (Å²) in [5, 5.41) is 14.7. The summed E-state index contributed by atoms with van der Waals surface area (Å²) in [5.41, 5.74) is 3.01. The summed E-state index contributed by atoms with van der Waals surface area (Å²) in [5.74, 6) is 0.689. The monoisotopic (exact) mass is 587 g/mol. The van der Waals surface area contributed by atoms with Crippen molar-refractivity contribution in [1.29, 1.82) is 0 Å². The minimum atomic E-state index is -0.450. The Kier molecular flexibility index (Phi) is 7.97. The molecule has 0 aromatic heterocycles. The first kappa shape index (κ1) is 25.7. The molecule has 1 saturated heterocycles. The van der Waals surface area contributed by atoms with Crippen LogP contribution < -0.4 is 14.8 Å². The first-order valence-electron chi connectivity index (χ1n) is 10.5. The van der Waals surface area contributed by atoms with Crippen LogP contribution in [0, 0.1) is 17.0 Å². The van der Waals surface area contributed by atoms with E-state index in [1.807, 2.05) is 19.1 Å². The van der Waals surface area contributed by atoms with Crippen LogP contribution in [0.4, 0.5) is 11.4 Å². The molecule has 0 saturated carbocycles. The lowest BCUT2D eigenvalue weighted by Crippen LogP contribution is -2.19. The lowest BCUT2D eigenvalue weighted by Gasteiger charge is -2.13. The fourth-order valence-corrected chi connectivity index (χ4v) is 4.69. The van der Waals surface area contributed by atoms with Crippen molar-refractivity contribution >= 4 is 67.8 Å².